The van der Waals surface area contributed by atoms with Crippen LogP contribution >= 0.6 is 15.9 Å². The van der Waals surface area contributed by atoms with Gasteiger partial charge in [0, 0.05) is 17.5 Å². The molecule has 4 nitrogen and oxygen atoms in total. The maximum atomic E-state index is 11.3. The predicted octanol–water partition coefficient (Wildman–Crippen LogP) is 3.63. The standard InChI is InChI=1S/C16H17BrO4/c1-19-13-6-5-11(15(20-2)14(13)17)16(18)8-3-4-12-10(16)7-9-21-12/h5-7,9,18H,3-4,8H2,1-2H3. The molecule has 1 aromatic heterocycles. The fourth-order valence-electron chi connectivity index (χ4n) is 3.04. The van der Waals surface area contributed by atoms with Crippen molar-refractivity contribution >= 4 is 15.9 Å². The van der Waals surface area contributed by atoms with Crippen LogP contribution < -0.4 is 9.47 Å². The van der Waals surface area contributed by atoms with E-state index in [4.69, 9.17) is 13.9 Å². The predicted molar refractivity (Wildman–Crippen MR) is 81.9 cm³/mol. The smallest absolute Gasteiger partial charge is 0.143 e. The number of aryl methyl sites for hydroxylation is 1. The molecule has 1 atom stereocenters. The molecule has 1 unspecified atom stereocenters. The van der Waals surface area contributed by atoms with Crippen LogP contribution in [0.1, 0.15) is 29.7 Å². The Morgan fingerprint density at radius 1 is 1.19 bits per heavy atom. The molecule has 1 aromatic carbocycles. The van der Waals surface area contributed by atoms with Crippen molar-refractivity contribution in [1.29, 1.82) is 0 Å². The monoisotopic (exact) mass is 352 g/mol. The average Bonchev–Trinajstić information content (AvgIpc) is 2.97. The molecule has 0 amide bonds. The van der Waals surface area contributed by atoms with Crippen LogP contribution in [0.2, 0.25) is 0 Å². The highest BCUT2D eigenvalue weighted by Crippen LogP contribution is 2.48. The van der Waals surface area contributed by atoms with E-state index in [-0.39, 0.29) is 0 Å². The zero-order valence-corrected chi connectivity index (χ0v) is 13.6. The van der Waals surface area contributed by atoms with Gasteiger partial charge in [-0.3, -0.25) is 0 Å². The summed E-state index contributed by atoms with van der Waals surface area (Å²) in [6.07, 6.45) is 3.98. The Morgan fingerprint density at radius 2 is 2.00 bits per heavy atom. The van der Waals surface area contributed by atoms with Gasteiger partial charge in [-0.2, -0.15) is 0 Å². The lowest BCUT2D eigenvalue weighted by Gasteiger charge is -2.33. The Labute approximate surface area is 131 Å². The zero-order chi connectivity index (χ0) is 15.0. The van der Waals surface area contributed by atoms with E-state index in [9.17, 15) is 5.11 Å². The number of methoxy groups -OCH3 is 2. The number of fused-ring (bicyclic) bond motifs is 1. The van der Waals surface area contributed by atoms with Crippen LogP contribution in [-0.2, 0) is 12.0 Å². The van der Waals surface area contributed by atoms with E-state index in [1.807, 2.05) is 18.2 Å². The summed E-state index contributed by atoms with van der Waals surface area (Å²) in [5.41, 5.74) is 0.449. The molecule has 0 aliphatic heterocycles. The highest BCUT2D eigenvalue weighted by atomic mass is 79.9. The van der Waals surface area contributed by atoms with Gasteiger partial charge in [0.25, 0.3) is 0 Å². The second kappa shape index (κ2) is 5.39. The normalized spacial score (nSPS) is 21.0. The average molecular weight is 353 g/mol. The van der Waals surface area contributed by atoms with E-state index in [1.165, 1.54) is 0 Å². The van der Waals surface area contributed by atoms with Gasteiger partial charge in [-0.15, -0.1) is 0 Å². The van der Waals surface area contributed by atoms with Gasteiger partial charge in [0.2, 0.25) is 0 Å². The van der Waals surface area contributed by atoms with Gasteiger partial charge in [-0.05, 0) is 47.0 Å². The first-order valence-corrected chi connectivity index (χ1v) is 7.61. The molecular weight excluding hydrogens is 336 g/mol. The second-order valence-corrected chi connectivity index (χ2v) is 5.93. The molecule has 0 fully saturated rings. The maximum absolute atomic E-state index is 11.3. The Morgan fingerprint density at radius 3 is 2.71 bits per heavy atom. The largest absolute Gasteiger partial charge is 0.495 e. The highest BCUT2D eigenvalue weighted by Gasteiger charge is 2.40. The van der Waals surface area contributed by atoms with Gasteiger partial charge in [-0.1, -0.05) is 0 Å². The van der Waals surface area contributed by atoms with E-state index in [1.54, 1.807) is 20.5 Å². The summed E-state index contributed by atoms with van der Waals surface area (Å²) in [6, 6.07) is 5.52. The van der Waals surface area contributed by atoms with E-state index in [2.05, 4.69) is 15.9 Å². The molecule has 0 spiro atoms. The van der Waals surface area contributed by atoms with Crippen molar-refractivity contribution in [3.8, 4) is 11.5 Å². The minimum atomic E-state index is -1.10. The molecule has 1 aliphatic rings. The van der Waals surface area contributed by atoms with Crippen LogP contribution in [0, 0.1) is 0 Å². The molecule has 0 radical (unpaired) electrons. The van der Waals surface area contributed by atoms with Crippen molar-refractivity contribution in [2.45, 2.75) is 24.9 Å². The maximum Gasteiger partial charge on any atom is 0.143 e. The molecule has 0 bridgehead atoms. The third kappa shape index (κ3) is 2.15. The van der Waals surface area contributed by atoms with Crippen LogP contribution in [-0.4, -0.2) is 19.3 Å². The first-order valence-electron chi connectivity index (χ1n) is 6.82. The Bertz CT molecular complexity index is 664. The van der Waals surface area contributed by atoms with E-state index < -0.39 is 5.60 Å². The minimum absolute atomic E-state index is 0.589. The summed E-state index contributed by atoms with van der Waals surface area (Å²) in [5.74, 6) is 2.10. The van der Waals surface area contributed by atoms with Crippen LogP contribution in [0.5, 0.6) is 11.5 Å². The fraction of sp³-hybridized carbons (Fsp3) is 0.375. The first-order chi connectivity index (χ1) is 10.1. The van der Waals surface area contributed by atoms with Crippen molar-refractivity contribution in [1.82, 2.24) is 0 Å². The summed E-state index contributed by atoms with van der Waals surface area (Å²) in [5, 5.41) is 11.3. The molecule has 0 saturated heterocycles. The van der Waals surface area contributed by atoms with Crippen LogP contribution in [0.4, 0.5) is 0 Å². The third-order valence-electron chi connectivity index (χ3n) is 4.06. The lowest BCUT2D eigenvalue weighted by Crippen LogP contribution is -2.31. The number of rotatable bonds is 3. The number of benzene rings is 1. The van der Waals surface area contributed by atoms with Crippen molar-refractivity contribution in [3.63, 3.8) is 0 Å². The van der Waals surface area contributed by atoms with Crippen molar-refractivity contribution < 1.29 is 19.0 Å². The Hall–Kier alpha value is -1.46. The van der Waals surface area contributed by atoms with Crippen LogP contribution in [0.3, 0.4) is 0 Å². The quantitative estimate of drug-likeness (QED) is 0.916. The SMILES string of the molecule is COc1ccc(C2(O)CCCc3occc32)c(OC)c1Br. The summed E-state index contributed by atoms with van der Waals surface area (Å²) in [7, 11) is 3.19. The van der Waals surface area contributed by atoms with Gasteiger partial charge in [-0.25, -0.2) is 0 Å². The molecule has 1 heterocycles. The van der Waals surface area contributed by atoms with Crippen molar-refractivity contribution in [3.05, 3.63) is 45.8 Å². The summed E-state index contributed by atoms with van der Waals surface area (Å²) in [6.45, 7) is 0. The molecule has 3 rings (SSSR count). The molecule has 21 heavy (non-hydrogen) atoms. The fourth-order valence-corrected chi connectivity index (χ4v) is 3.71. The van der Waals surface area contributed by atoms with Gasteiger partial charge >= 0.3 is 0 Å². The minimum Gasteiger partial charge on any atom is -0.495 e. The number of aliphatic hydroxyl groups is 1. The molecular formula is C16H17BrO4. The summed E-state index contributed by atoms with van der Waals surface area (Å²) < 4.78 is 17.0. The number of ether oxygens (including phenoxy) is 2. The number of hydrogen-bond acceptors (Lipinski definition) is 4. The first kappa shape index (κ1) is 14.5. The lowest BCUT2D eigenvalue weighted by atomic mass is 9.77. The highest BCUT2D eigenvalue weighted by molar-refractivity contribution is 9.10. The Kier molecular flexibility index (Phi) is 3.71. The molecule has 1 N–H and O–H groups in total. The lowest BCUT2D eigenvalue weighted by molar-refractivity contribution is 0.0562. The number of halogens is 1. The van der Waals surface area contributed by atoms with Gasteiger partial charge < -0.3 is 19.0 Å². The molecule has 1 aliphatic carbocycles. The second-order valence-electron chi connectivity index (χ2n) is 5.13. The van der Waals surface area contributed by atoms with Crippen molar-refractivity contribution in [2.75, 3.05) is 14.2 Å². The van der Waals surface area contributed by atoms with Gasteiger partial charge in [0.05, 0.1) is 20.5 Å². The van der Waals surface area contributed by atoms with Crippen molar-refractivity contribution in [2.24, 2.45) is 0 Å². The number of furan rings is 1. The molecule has 2 aromatic rings. The van der Waals surface area contributed by atoms with Gasteiger partial charge in [0.15, 0.2) is 0 Å². The van der Waals surface area contributed by atoms with E-state index >= 15 is 0 Å². The van der Waals surface area contributed by atoms with E-state index in [0.717, 1.165) is 29.7 Å². The zero-order valence-electron chi connectivity index (χ0n) is 12.0. The number of hydrogen-bond donors (Lipinski definition) is 1. The van der Waals surface area contributed by atoms with Gasteiger partial charge in [0.1, 0.15) is 27.3 Å². The third-order valence-corrected chi connectivity index (χ3v) is 4.82. The topological polar surface area (TPSA) is 51.8 Å². The molecule has 5 heteroatoms. The molecule has 112 valence electrons. The van der Waals surface area contributed by atoms with Crippen LogP contribution in [0.25, 0.3) is 0 Å². The van der Waals surface area contributed by atoms with E-state index in [0.29, 0.717) is 22.4 Å². The van der Waals surface area contributed by atoms with Crippen LogP contribution in [0.15, 0.2) is 33.4 Å². The molecule has 0 saturated carbocycles. The summed E-state index contributed by atoms with van der Waals surface area (Å²) in [4.78, 5) is 0. The summed E-state index contributed by atoms with van der Waals surface area (Å²) >= 11 is 3.49. The Balaban J connectivity index is 2.20.